The van der Waals surface area contributed by atoms with Crippen molar-refractivity contribution in [3.05, 3.63) is 24.3 Å². The number of carbonyl (C=O) groups excluding carboxylic acids is 1. The van der Waals surface area contributed by atoms with E-state index in [4.69, 9.17) is 0 Å². The van der Waals surface area contributed by atoms with Crippen LogP contribution in [0.1, 0.15) is 19.8 Å². The van der Waals surface area contributed by atoms with E-state index >= 15 is 0 Å². The molecule has 1 fully saturated rings. The number of nitrogens with one attached hydrogen (secondary N) is 1. The van der Waals surface area contributed by atoms with Crippen molar-refractivity contribution in [1.29, 1.82) is 0 Å². The Labute approximate surface area is 113 Å². The van der Waals surface area contributed by atoms with Gasteiger partial charge in [-0.15, -0.1) is 0 Å². The van der Waals surface area contributed by atoms with E-state index in [0.29, 0.717) is 6.54 Å². The highest BCUT2D eigenvalue weighted by atomic mass is 32.2. The van der Waals surface area contributed by atoms with Crippen LogP contribution in [0.4, 0.5) is 5.69 Å². The SMILES string of the molecule is CCC1CCN(c2ccc(S(=O)(=O)NC)cc2)C1=O. The van der Waals surface area contributed by atoms with E-state index in [1.54, 1.807) is 17.0 Å². The third kappa shape index (κ3) is 2.64. The van der Waals surface area contributed by atoms with Crippen molar-refractivity contribution in [1.82, 2.24) is 4.72 Å². The number of carbonyl (C=O) groups is 1. The number of hydrogen-bond acceptors (Lipinski definition) is 3. The monoisotopic (exact) mass is 282 g/mol. The zero-order valence-corrected chi connectivity index (χ0v) is 11.9. The van der Waals surface area contributed by atoms with Gasteiger partial charge >= 0.3 is 0 Å². The Hall–Kier alpha value is -1.40. The Morgan fingerprint density at radius 3 is 2.42 bits per heavy atom. The van der Waals surface area contributed by atoms with Crippen molar-refractivity contribution in [3.63, 3.8) is 0 Å². The summed E-state index contributed by atoms with van der Waals surface area (Å²) < 4.78 is 25.5. The quantitative estimate of drug-likeness (QED) is 0.906. The molecule has 1 unspecified atom stereocenters. The molecule has 0 bridgehead atoms. The van der Waals surface area contributed by atoms with E-state index in [1.807, 2.05) is 6.92 Å². The molecule has 0 saturated carbocycles. The molecule has 19 heavy (non-hydrogen) atoms. The van der Waals surface area contributed by atoms with Gasteiger partial charge in [0.15, 0.2) is 0 Å². The lowest BCUT2D eigenvalue weighted by Gasteiger charge is -2.17. The van der Waals surface area contributed by atoms with E-state index < -0.39 is 10.0 Å². The van der Waals surface area contributed by atoms with Gasteiger partial charge in [-0.1, -0.05) is 6.92 Å². The first-order valence-corrected chi connectivity index (χ1v) is 7.83. The first kappa shape index (κ1) is 14.0. The Kier molecular flexibility index (Phi) is 3.91. The highest BCUT2D eigenvalue weighted by molar-refractivity contribution is 7.89. The molecule has 1 aliphatic heterocycles. The van der Waals surface area contributed by atoms with Crippen LogP contribution in [-0.2, 0) is 14.8 Å². The summed E-state index contributed by atoms with van der Waals surface area (Å²) in [4.78, 5) is 14.0. The van der Waals surface area contributed by atoms with Gasteiger partial charge in [-0.05, 0) is 44.2 Å². The Morgan fingerprint density at radius 1 is 1.32 bits per heavy atom. The summed E-state index contributed by atoms with van der Waals surface area (Å²) >= 11 is 0. The van der Waals surface area contributed by atoms with Crippen molar-refractivity contribution in [2.75, 3.05) is 18.5 Å². The fourth-order valence-corrected chi connectivity index (χ4v) is 3.03. The third-order valence-electron chi connectivity index (χ3n) is 3.54. The van der Waals surface area contributed by atoms with Gasteiger partial charge in [0.05, 0.1) is 4.90 Å². The number of nitrogens with zero attached hydrogens (tertiary/aromatic N) is 1. The minimum atomic E-state index is -3.42. The van der Waals surface area contributed by atoms with Crippen molar-refractivity contribution in [2.24, 2.45) is 5.92 Å². The summed E-state index contributed by atoms with van der Waals surface area (Å²) in [5.41, 5.74) is 0.760. The van der Waals surface area contributed by atoms with Crippen LogP contribution in [0.5, 0.6) is 0 Å². The molecule has 1 amide bonds. The number of rotatable bonds is 4. The maximum atomic E-state index is 12.1. The highest BCUT2D eigenvalue weighted by Crippen LogP contribution is 2.27. The fourth-order valence-electron chi connectivity index (χ4n) is 2.30. The average Bonchev–Trinajstić information content (AvgIpc) is 2.80. The molecule has 0 spiro atoms. The summed E-state index contributed by atoms with van der Waals surface area (Å²) in [6, 6.07) is 6.40. The molecule has 5 nitrogen and oxygen atoms in total. The minimum absolute atomic E-state index is 0.0979. The van der Waals surface area contributed by atoms with Gasteiger partial charge in [0.1, 0.15) is 0 Å². The van der Waals surface area contributed by atoms with Crippen molar-refractivity contribution < 1.29 is 13.2 Å². The molecular formula is C13H18N2O3S. The zero-order chi connectivity index (χ0) is 14.0. The molecule has 1 N–H and O–H groups in total. The first-order valence-electron chi connectivity index (χ1n) is 6.34. The predicted octanol–water partition coefficient (Wildman–Crippen LogP) is 1.36. The van der Waals surface area contributed by atoms with Crippen LogP contribution in [0, 0.1) is 5.92 Å². The van der Waals surface area contributed by atoms with Crippen molar-refractivity contribution >= 4 is 21.6 Å². The molecular weight excluding hydrogens is 264 g/mol. The highest BCUT2D eigenvalue weighted by Gasteiger charge is 2.31. The Balaban J connectivity index is 2.23. The normalized spacial score (nSPS) is 20.0. The zero-order valence-electron chi connectivity index (χ0n) is 11.1. The number of anilines is 1. The molecule has 1 aliphatic rings. The Bertz CT molecular complexity index is 566. The molecule has 1 heterocycles. The standard InChI is InChI=1S/C13H18N2O3S/c1-3-10-8-9-15(13(10)16)11-4-6-12(7-5-11)19(17,18)14-2/h4-7,10,14H,3,8-9H2,1-2H3. The van der Waals surface area contributed by atoms with Crippen LogP contribution in [0.15, 0.2) is 29.2 Å². The topological polar surface area (TPSA) is 66.5 Å². The van der Waals surface area contributed by atoms with E-state index in [2.05, 4.69) is 4.72 Å². The molecule has 0 radical (unpaired) electrons. The van der Waals surface area contributed by atoms with Crippen molar-refractivity contribution in [3.8, 4) is 0 Å². The van der Waals surface area contributed by atoms with Gasteiger partial charge in [-0.2, -0.15) is 0 Å². The van der Waals surface area contributed by atoms with Crippen LogP contribution >= 0.6 is 0 Å². The van der Waals surface area contributed by atoms with E-state index in [0.717, 1.165) is 18.5 Å². The number of amides is 1. The van der Waals surface area contributed by atoms with Gasteiger partial charge in [-0.3, -0.25) is 4.79 Å². The van der Waals surface area contributed by atoms with Crippen LogP contribution in [0.3, 0.4) is 0 Å². The minimum Gasteiger partial charge on any atom is -0.312 e. The van der Waals surface area contributed by atoms with Gasteiger partial charge in [-0.25, -0.2) is 13.1 Å². The van der Waals surface area contributed by atoms with E-state index in [1.165, 1.54) is 19.2 Å². The number of hydrogen-bond donors (Lipinski definition) is 1. The average molecular weight is 282 g/mol. The van der Waals surface area contributed by atoms with Crippen LogP contribution in [0.2, 0.25) is 0 Å². The first-order chi connectivity index (χ1) is 8.99. The maximum absolute atomic E-state index is 12.1. The molecule has 0 aromatic heterocycles. The predicted molar refractivity (Wildman–Crippen MR) is 73.4 cm³/mol. The van der Waals surface area contributed by atoms with Crippen LogP contribution < -0.4 is 9.62 Å². The summed E-state index contributed by atoms with van der Waals surface area (Å²) in [5.74, 6) is 0.229. The summed E-state index contributed by atoms with van der Waals surface area (Å²) in [7, 11) is -2.05. The van der Waals surface area contributed by atoms with Gasteiger partial charge in [0, 0.05) is 18.2 Å². The molecule has 6 heteroatoms. The van der Waals surface area contributed by atoms with E-state index in [9.17, 15) is 13.2 Å². The van der Waals surface area contributed by atoms with E-state index in [-0.39, 0.29) is 16.7 Å². The molecule has 0 aliphatic carbocycles. The van der Waals surface area contributed by atoms with Gasteiger partial charge < -0.3 is 4.90 Å². The molecule has 1 saturated heterocycles. The third-order valence-corrected chi connectivity index (χ3v) is 4.97. The van der Waals surface area contributed by atoms with Gasteiger partial charge in [0.2, 0.25) is 15.9 Å². The fraction of sp³-hybridized carbons (Fsp3) is 0.462. The second-order valence-corrected chi connectivity index (χ2v) is 6.47. The summed E-state index contributed by atoms with van der Waals surface area (Å²) in [5, 5.41) is 0. The second-order valence-electron chi connectivity index (χ2n) is 4.59. The lowest BCUT2D eigenvalue weighted by Crippen LogP contribution is -2.26. The molecule has 2 rings (SSSR count). The van der Waals surface area contributed by atoms with Gasteiger partial charge in [0.25, 0.3) is 0 Å². The molecule has 1 atom stereocenters. The van der Waals surface area contributed by atoms with Crippen LogP contribution in [0.25, 0.3) is 0 Å². The Morgan fingerprint density at radius 2 is 1.95 bits per heavy atom. The molecule has 104 valence electrons. The molecule has 1 aromatic rings. The molecule has 1 aromatic carbocycles. The van der Waals surface area contributed by atoms with Crippen LogP contribution in [-0.4, -0.2) is 27.9 Å². The number of benzene rings is 1. The lowest BCUT2D eigenvalue weighted by atomic mass is 10.1. The van der Waals surface area contributed by atoms with Crippen molar-refractivity contribution in [2.45, 2.75) is 24.7 Å². The summed E-state index contributed by atoms with van der Waals surface area (Å²) in [6.45, 7) is 2.71. The smallest absolute Gasteiger partial charge is 0.240 e. The summed E-state index contributed by atoms with van der Waals surface area (Å²) in [6.07, 6.45) is 1.72. The number of sulfonamides is 1. The second kappa shape index (κ2) is 5.30. The lowest BCUT2D eigenvalue weighted by molar-refractivity contribution is -0.120. The largest absolute Gasteiger partial charge is 0.312 e. The maximum Gasteiger partial charge on any atom is 0.240 e.